The lowest BCUT2D eigenvalue weighted by atomic mass is 10.1. The highest BCUT2D eigenvalue weighted by Gasteiger charge is 2.27. The van der Waals surface area contributed by atoms with Crippen molar-refractivity contribution in [1.82, 2.24) is 0 Å². The molecule has 1 aliphatic carbocycles. The van der Waals surface area contributed by atoms with Crippen LogP contribution in [0.3, 0.4) is 0 Å². The standard InChI is InChI=1S/C21H18ClFN2O3/c22-15-11-13(9-10-16(15)23)24-21(27)19-18(14-7-3-4-8-17(14)28-19)25-20(26)12-5-1-2-6-12/h3-4,7-12H,1-2,5-6H2,(H,24,27)(H,25,26). The van der Waals surface area contributed by atoms with E-state index in [1.165, 1.54) is 18.2 Å². The molecule has 0 atom stereocenters. The van der Waals surface area contributed by atoms with Crippen molar-refractivity contribution < 1.29 is 18.4 Å². The Balaban J connectivity index is 1.66. The smallest absolute Gasteiger partial charge is 0.293 e. The van der Waals surface area contributed by atoms with E-state index in [1.54, 1.807) is 18.2 Å². The molecule has 28 heavy (non-hydrogen) atoms. The van der Waals surface area contributed by atoms with Crippen LogP contribution in [0.15, 0.2) is 46.9 Å². The molecular weight excluding hydrogens is 383 g/mol. The molecule has 144 valence electrons. The first-order valence-corrected chi connectivity index (χ1v) is 9.49. The zero-order valence-corrected chi connectivity index (χ0v) is 15.7. The van der Waals surface area contributed by atoms with Crippen molar-refractivity contribution in [3.05, 3.63) is 59.1 Å². The van der Waals surface area contributed by atoms with Gasteiger partial charge in [0.1, 0.15) is 17.1 Å². The van der Waals surface area contributed by atoms with Crippen LogP contribution in [0, 0.1) is 11.7 Å². The molecule has 7 heteroatoms. The predicted octanol–water partition coefficient (Wildman–Crippen LogP) is 5.61. The van der Waals surface area contributed by atoms with E-state index in [0.717, 1.165) is 25.7 Å². The highest BCUT2D eigenvalue weighted by atomic mass is 35.5. The van der Waals surface area contributed by atoms with Gasteiger partial charge in [-0.1, -0.05) is 36.6 Å². The van der Waals surface area contributed by atoms with Gasteiger partial charge >= 0.3 is 0 Å². The third-order valence-electron chi connectivity index (χ3n) is 4.95. The Bertz CT molecular complexity index is 1060. The summed E-state index contributed by atoms with van der Waals surface area (Å²) in [6.07, 6.45) is 3.75. The van der Waals surface area contributed by atoms with Crippen molar-refractivity contribution in [1.29, 1.82) is 0 Å². The van der Waals surface area contributed by atoms with Gasteiger partial charge in [-0.2, -0.15) is 0 Å². The molecule has 2 aromatic carbocycles. The van der Waals surface area contributed by atoms with Crippen LogP contribution in [0.25, 0.3) is 11.0 Å². The average Bonchev–Trinajstić information content (AvgIpc) is 3.33. The normalized spacial score (nSPS) is 14.4. The quantitative estimate of drug-likeness (QED) is 0.598. The van der Waals surface area contributed by atoms with Gasteiger partial charge in [0.25, 0.3) is 5.91 Å². The van der Waals surface area contributed by atoms with Crippen LogP contribution in [0.5, 0.6) is 0 Å². The molecule has 1 saturated carbocycles. The second-order valence-electron chi connectivity index (χ2n) is 6.86. The molecule has 0 bridgehead atoms. The highest BCUT2D eigenvalue weighted by Crippen LogP contribution is 2.33. The highest BCUT2D eigenvalue weighted by molar-refractivity contribution is 6.31. The van der Waals surface area contributed by atoms with Gasteiger partial charge in [0, 0.05) is 17.0 Å². The fourth-order valence-electron chi connectivity index (χ4n) is 3.50. The molecular formula is C21H18ClFN2O3. The number of para-hydroxylation sites is 1. The van der Waals surface area contributed by atoms with Crippen molar-refractivity contribution >= 4 is 45.8 Å². The molecule has 0 saturated heterocycles. The summed E-state index contributed by atoms with van der Waals surface area (Å²) in [7, 11) is 0. The number of hydrogen-bond donors (Lipinski definition) is 2. The number of amides is 2. The van der Waals surface area contributed by atoms with Crippen molar-refractivity contribution in [3.8, 4) is 0 Å². The minimum atomic E-state index is -0.576. The van der Waals surface area contributed by atoms with E-state index < -0.39 is 11.7 Å². The average molecular weight is 401 g/mol. The first kappa shape index (κ1) is 18.5. The Hall–Kier alpha value is -2.86. The fraction of sp³-hybridized carbons (Fsp3) is 0.238. The van der Waals surface area contributed by atoms with Crippen LogP contribution in [0.2, 0.25) is 5.02 Å². The number of benzene rings is 2. The molecule has 2 amide bonds. The summed E-state index contributed by atoms with van der Waals surface area (Å²) in [5.41, 5.74) is 1.16. The molecule has 2 N–H and O–H groups in total. The second kappa shape index (κ2) is 7.64. The number of carbonyl (C=O) groups excluding carboxylic acids is 2. The SMILES string of the molecule is O=C(Nc1ccc(F)c(Cl)c1)c1oc2ccccc2c1NC(=O)C1CCCC1. The predicted molar refractivity (Wildman–Crippen MR) is 106 cm³/mol. The van der Waals surface area contributed by atoms with Crippen LogP contribution < -0.4 is 10.6 Å². The van der Waals surface area contributed by atoms with Gasteiger partial charge < -0.3 is 15.1 Å². The summed E-state index contributed by atoms with van der Waals surface area (Å²) in [5, 5.41) is 6.07. The Kier molecular flexibility index (Phi) is 5.05. The van der Waals surface area contributed by atoms with Crippen molar-refractivity contribution in [2.75, 3.05) is 10.6 Å². The van der Waals surface area contributed by atoms with Gasteiger partial charge in [-0.15, -0.1) is 0 Å². The molecule has 1 aromatic heterocycles. The molecule has 1 heterocycles. The summed E-state index contributed by atoms with van der Waals surface area (Å²) >= 11 is 5.77. The maximum Gasteiger partial charge on any atom is 0.293 e. The summed E-state index contributed by atoms with van der Waals surface area (Å²) in [6.45, 7) is 0. The number of nitrogens with one attached hydrogen (secondary N) is 2. The van der Waals surface area contributed by atoms with Crippen molar-refractivity contribution in [2.24, 2.45) is 5.92 Å². The zero-order chi connectivity index (χ0) is 19.7. The second-order valence-corrected chi connectivity index (χ2v) is 7.26. The molecule has 0 radical (unpaired) electrons. The van der Waals surface area contributed by atoms with Crippen LogP contribution in [-0.4, -0.2) is 11.8 Å². The topological polar surface area (TPSA) is 71.3 Å². The Morgan fingerprint density at radius 3 is 2.57 bits per heavy atom. The number of rotatable bonds is 4. The molecule has 1 fully saturated rings. The van der Waals surface area contributed by atoms with E-state index in [4.69, 9.17) is 16.0 Å². The lowest BCUT2D eigenvalue weighted by molar-refractivity contribution is -0.119. The first-order valence-electron chi connectivity index (χ1n) is 9.12. The van der Waals surface area contributed by atoms with E-state index >= 15 is 0 Å². The number of carbonyl (C=O) groups is 2. The van der Waals surface area contributed by atoms with Crippen LogP contribution in [-0.2, 0) is 4.79 Å². The third kappa shape index (κ3) is 3.60. The van der Waals surface area contributed by atoms with Gasteiger partial charge in [-0.25, -0.2) is 4.39 Å². The maximum absolute atomic E-state index is 13.3. The van der Waals surface area contributed by atoms with Gasteiger partial charge in [0.15, 0.2) is 0 Å². The Morgan fingerprint density at radius 1 is 1.07 bits per heavy atom. The summed E-state index contributed by atoms with van der Waals surface area (Å²) < 4.78 is 19.1. The molecule has 0 aliphatic heterocycles. The van der Waals surface area contributed by atoms with Crippen molar-refractivity contribution in [2.45, 2.75) is 25.7 Å². The van der Waals surface area contributed by atoms with E-state index in [2.05, 4.69) is 10.6 Å². The third-order valence-corrected chi connectivity index (χ3v) is 5.24. The van der Waals surface area contributed by atoms with Crippen LogP contribution in [0.1, 0.15) is 36.2 Å². The monoisotopic (exact) mass is 400 g/mol. The summed E-state index contributed by atoms with van der Waals surface area (Å²) in [4.78, 5) is 25.4. The minimum absolute atomic E-state index is 0.00649. The fourth-order valence-corrected chi connectivity index (χ4v) is 3.69. The van der Waals surface area contributed by atoms with E-state index in [1.807, 2.05) is 6.07 Å². The first-order chi connectivity index (χ1) is 13.5. The van der Waals surface area contributed by atoms with E-state index in [9.17, 15) is 14.0 Å². The largest absolute Gasteiger partial charge is 0.449 e. The Labute approximate surface area is 165 Å². The lowest BCUT2D eigenvalue weighted by Crippen LogP contribution is -2.22. The molecule has 1 aliphatic rings. The molecule has 0 spiro atoms. The minimum Gasteiger partial charge on any atom is -0.449 e. The molecule has 0 unspecified atom stereocenters. The summed E-state index contributed by atoms with van der Waals surface area (Å²) in [6, 6.07) is 11.0. The Morgan fingerprint density at radius 2 is 1.82 bits per heavy atom. The van der Waals surface area contributed by atoms with E-state index in [-0.39, 0.29) is 22.6 Å². The van der Waals surface area contributed by atoms with Gasteiger partial charge in [-0.05, 0) is 43.2 Å². The van der Waals surface area contributed by atoms with Gasteiger partial charge in [0.2, 0.25) is 11.7 Å². The van der Waals surface area contributed by atoms with E-state index in [0.29, 0.717) is 22.3 Å². The van der Waals surface area contributed by atoms with Crippen LogP contribution in [0.4, 0.5) is 15.8 Å². The molecule has 4 rings (SSSR count). The number of fused-ring (bicyclic) bond motifs is 1. The zero-order valence-electron chi connectivity index (χ0n) is 14.9. The number of hydrogen-bond acceptors (Lipinski definition) is 3. The van der Waals surface area contributed by atoms with Gasteiger partial charge in [0.05, 0.1) is 5.02 Å². The van der Waals surface area contributed by atoms with Crippen molar-refractivity contribution in [3.63, 3.8) is 0 Å². The molecule has 3 aromatic rings. The molecule has 5 nitrogen and oxygen atoms in total. The number of furan rings is 1. The van der Waals surface area contributed by atoms with Crippen LogP contribution >= 0.6 is 11.6 Å². The number of anilines is 2. The summed E-state index contributed by atoms with van der Waals surface area (Å²) in [5.74, 6) is -1.30. The maximum atomic E-state index is 13.3. The van der Waals surface area contributed by atoms with Gasteiger partial charge in [-0.3, -0.25) is 9.59 Å². The lowest BCUT2D eigenvalue weighted by Gasteiger charge is -2.11. The number of halogens is 2.